The van der Waals surface area contributed by atoms with Crippen LogP contribution in [-0.4, -0.2) is 30.5 Å². The van der Waals surface area contributed by atoms with E-state index in [1.165, 1.54) is 17.5 Å². The molecule has 0 heterocycles. The quantitative estimate of drug-likeness (QED) is 0.714. The Morgan fingerprint density at radius 1 is 1.20 bits per heavy atom. The predicted octanol–water partition coefficient (Wildman–Crippen LogP) is 2.75. The predicted molar refractivity (Wildman–Crippen MR) is 80.9 cm³/mol. The van der Waals surface area contributed by atoms with Crippen LogP contribution >= 0.6 is 0 Å². The second-order valence-electron chi connectivity index (χ2n) is 4.95. The fourth-order valence-electron chi connectivity index (χ4n) is 2.46. The molecule has 1 aromatic rings. The third-order valence-corrected chi connectivity index (χ3v) is 3.48. The molecule has 1 amide bonds. The molecule has 3 nitrogen and oxygen atoms in total. The van der Waals surface area contributed by atoms with Gasteiger partial charge in [0, 0.05) is 13.1 Å². The molecule has 0 saturated carbocycles. The van der Waals surface area contributed by atoms with E-state index < -0.39 is 0 Å². The number of hydrogen-bond donors (Lipinski definition) is 0. The zero-order valence-electron chi connectivity index (χ0n) is 11.8. The van der Waals surface area contributed by atoms with Gasteiger partial charge in [-0.2, -0.15) is 0 Å². The Morgan fingerprint density at radius 3 is 2.60 bits per heavy atom. The molecular formula is C17H21NO2. The second kappa shape index (κ2) is 6.94. The molecule has 0 unspecified atom stereocenters. The summed E-state index contributed by atoms with van der Waals surface area (Å²) in [7, 11) is 0. The van der Waals surface area contributed by atoms with Crippen LogP contribution in [0.2, 0.25) is 0 Å². The van der Waals surface area contributed by atoms with Crippen LogP contribution in [0.25, 0.3) is 0 Å². The van der Waals surface area contributed by atoms with Crippen LogP contribution in [0.3, 0.4) is 0 Å². The van der Waals surface area contributed by atoms with E-state index in [0.29, 0.717) is 13.1 Å². The van der Waals surface area contributed by atoms with E-state index in [1.54, 1.807) is 17.1 Å². The minimum atomic E-state index is -0.0506. The number of ether oxygens (including phenoxy) is 1. The molecule has 0 fully saturated rings. The normalized spacial score (nSPS) is 12.6. The molecule has 1 aromatic carbocycles. The van der Waals surface area contributed by atoms with Crippen LogP contribution < -0.4 is 4.74 Å². The number of carbonyl (C=O) groups excluding carboxylic acids is 1. The molecule has 20 heavy (non-hydrogen) atoms. The molecule has 0 atom stereocenters. The summed E-state index contributed by atoms with van der Waals surface area (Å²) in [6, 6.07) is 6.11. The van der Waals surface area contributed by atoms with Crippen molar-refractivity contribution in [2.75, 3.05) is 19.7 Å². The molecule has 2 rings (SSSR count). The Labute approximate surface area is 120 Å². The van der Waals surface area contributed by atoms with Crippen molar-refractivity contribution < 1.29 is 9.53 Å². The molecule has 3 heteroatoms. The largest absolute Gasteiger partial charge is 0.484 e. The van der Waals surface area contributed by atoms with Gasteiger partial charge in [-0.3, -0.25) is 4.79 Å². The van der Waals surface area contributed by atoms with Crippen LogP contribution in [-0.2, 0) is 17.6 Å². The number of rotatable bonds is 7. The van der Waals surface area contributed by atoms with E-state index in [4.69, 9.17) is 4.74 Å². The maximum atomic E-state index is 12.0. The molecule has 0 bridgehead atoms. The molecule has 0 aromatic heterocycles. The van der Waals surface area contributed by atoms with Crippen molar-refractivity contribution in [1.29, 1.82) is 0 Å². The fourth-order valence-corrected chi connectivity index (χ4v) is 2.46. The van der Waals surface area contributed by atoms with Crippen LogP contribution in [0.15, 0.2) is 43.5 Å². The van der Waals surface area contributed by atoms with Gasteiger partial charge in [-0.1, -0.05) is 18.2 Å². The van der Waals surface area contributed by atoms with Gasteiger partial charge in [0.15, 0.2) is 6.61 Å². The molecule has 106 valence electrons. The summed E-state index contributed by atoms with van der Waals surface area (Å²) in [6.07, 6.45) is 6.89. The van der Waals surface area contributed by atoms with Crippen molar-refractivity contribution in [2.45, 2.75) is 19.3 Å². The molecule has 1 aliphatic carbocycles. The molecule has 0 spiro atoms. The van der Waals surface area contributed by atoms with Crippen LogP contribution in [0.4, 0.5) is 0 Å². The second-order valence-corrected chi connectivity index (χ2v) is 4.95. The zero-order chi connectivity index (χ0) is 14.4. The van der Waals surface area contributed by atoms with Crippen molar-refractivity contribution in [2.24, 2.45) is 0 Å². The fraction of sp³-hybridized carbons (Fsp3) is 0.353. The van der Waals surface area contributed by atoms with Gasteiger partial charge < -0.3 is 9.64 Å². The number of amides is 1. The Morgan fingerprint density at radius 2 is 1.90 bits per heavy atom. The highest BCUT2D eigenvalue weighted by Crippen LogP contribution is 2.25. The summed E-state index contributed by atoms with van der Waals surface area (Å²) in [5.74, 6) is 0.724. The van der Waals surface area contributed by atoms with Gasteiger partial charge in [-0.15, -0.1) is 13.2 Å². The van der Waals surface area contributed by atoms with E-state index >= 15 is 0 Å². The molecular weight excluding hydrogens is 250 g/mol. The zero-order valence-corrected chi connectivity index (χ0v) is 11.8. The molecule has 0 saturated heterocycles. The lowest BCUT2D eigenvalue weighted by Crippen LogP contribution is -2.35. The van der Waals surface area contributed by atoms with E-state index in [2.05, 4.69) is 25.3 Å². The SMILES string of the molecule is C=CCN(CC=C)C(=O)COc1ccc2c(c1)CCC2. The van der Waals surface area contributed by atoms with Crippen molar-refractivity contribution in [1.82, 2.24) is 4.90 Å². The van der Waals surface area contributed by atoms with E-state index in [9.17, 15) is 4.79 Å². The van der Waals surface area contributed by atoms with Gasteiger partial charge in [0.05, 0.1) is 0 Å². The van der Waals surface area contributed by atoms with Gasteiger partial charge in [-0.05, 0) is 42.5 Å². The highest BCUT2D eigenvalue weighted by atomic mass is 16.5. The lowest BCUT2D eigenvalue weighted by molar-refractivity contribution is -0.132. The Bertz CT molecular complexity index is 498. The van der Waals surface area contributed by atoms with Gasteiger partial charge >= 0.3 is 0 Å². The average Bonchev–Trinajstić information content (AvgIpc) is 2.92. The third-order valence-electron chi connectivity index (χ3n) is 3.48. The molecule has 0 radical (unpaired) electrons. The third kappa shape index (κ3) is 3.50. The summed E-state index contributed by atoms with van der Waals surface area (Å²) in [6.45, 7) is 8.39. The average molecular weight is 271 g/mol. The first-order valence-corrected chi connectivity index (χ1v) is 6.98. The number of nitrogens with zero attached hydrogens (tertiary/aromatic N) is 1. The van der Waals surface area contributed by atoms with Crippen molar-refractivity contribution in [3.05, 3.63) is 54.6 Å². The van der Waals surface area contributed by atoms with Gasteiger partial charge in [-0.25, -0.2) is 0 Å². The topological polar surface area (TPSA) is 29.5 Å². The summed E-state index contributed by atoms with van der Waals surface area (Å²) < 4.78 is 5.61. The summed E-state index contributed by atoms with van der Waals surface area (Å²) in [5.41, 5.74) is 2.76. The molecule has 0 aliphatic heterocycles. The maximum absolute atomic E-state index is 12.0. The highest BCUT2D eigenvalue weighted by molar-refractivity contribution is 5.78. The standard InChI is InChI=1S/C17H21NO2/c1-3-10-18(11-4-2)17(19)13-20-16-9-8-14-6-5-7-15(14)12-16/h3-4,8-9,12H,1-2,5-7,10-11,13H2. The minimum Gasteiger partial charge on any atom is -0.484 e. The first kappa shape index (κ1) is 14.4. The summed E-state index contributed by atoms with van der Waals surface area (Å²) in [4.78, 5) is 13.7. The molecule has 1 aliphatic rings. The van der Waals surface area contributed by atoms with Crippen molar-refractivity contribution in [3.8, 4) is 5.75 Å². The lowest BCUT2D eigenvalue weighted by atomic mass is 10.1. The van der Waals surface area contributed by atoms with E-state index in [-0.39, 0.29) is 12.5 Å². The molecule has 0 N–H and O–H groups in total. The number of aryl methyl sites for hydroxylation is 2. The van der Waals surface area contributed by atoms with Crippen LogP contribution in [0, 0.1) is 0 Å². The van der Waals surface area contributed by atoms with Gasteiger partial charge in [0.2, 0.25) is 0 Å². The summed E-state index contributed by atoms with van der Waals surface area (Å²) >= 11 is 0. The number of fused-ring (bicyclic) bond motifs is 1. The first-order chi connectivity index (χ1) is 9.74. The lowest BCUT2D eigenvalue weighted by Gasteiger charge is -2.19. The smallest absolute Gasteiger partial charge is 0.261 e. The van der Waals surface area contributed by atoms with Crippen LogP contribution in [0.5, 0.6) is 5.75 Å². The minimum absolute atomic E-state index is 0.0506. The van der Waals surface area contributed by atoms with Crippen molar-refractivity contribution in [3.63, 3.8) is 0 Å². The van der Waals surface area contributed by atoms with Gasteiger partial charge in [0.25, 0.3) is 5.91 Å². The Balaban J connectivity index is 1.92. The van der Waals surface area contributed by atoms with Crippen molar-refractivity contribution >= 4 is 5.91 Å². The van der Waals surface area contributed by atoms with Crippen LogP contribution in [0.1, 0.15) is 17.5 Å². The maximum Gasteiger partial charge on any atom is 0.261 e. The monoisotopic (exact) mass is 271 g/mol. The van der Waals surface area contributed by atoms with E-state index in [0.717, 1.165) is 18.6 Å². The number of hydrogen-bond acceptors (Lipinski definition) is 2. The number of benzene rings is 1. The summed E-state index contributed by atoms with van der Waals surface area (Å²) in [5, 5.41) is 0. The van der Waals surface area contributed by atoms with E-state index in [1.807, 2.05) is 6.07 Å². The first-order valence-electron chi connectivity index (χ1n) is 6.98. The Kier molecular flexibility index (Phi) is 4.99. The highest BCUT2D eigenvalue weighted by Gasteiger charge is 2.14. The Hall–Kier alpha value is -2.03. The number of carbonyl (C=O) groups is 1. The van der Waals surface area contributed by atoms with Gasteiger partial charge in [0.1, 0.15) is 5.75 Å².